The molecule has 0 unspecified atom stereocenters. The molecule has 2 amide bonds. The SMILES string of the molecule is CC(C)C[C@@H]1C(=O)NCCCN1C(=O)[C@@H](N)Cc1ccccc1. The molecule has 2 rings (SSSR count). The molecule has 1 heterocycles. The van der Waals surface area contributed by atoms with Crippen molar-refractivity contribution in [1.82, 2.24) is 10.2 Å². The van der Waals surface area contributed by atoms with Gasteiger partial charge < -0.3 is 16.0 Å². The highest BCUT2D eigenvalue weighted by Gasteiger charge is 2.34. The van der Waals surface area contributed by atoms with E-state index in [-0.39, 0.29) is 11.8 Å². The lowest BCUT2D eigenvalue weighted by atomic mass is 9.99. The fourth-order valence-corrected chi connectivity index (χ4v) is 2.99. The molecule has 1 fully saturated rings. The lowest BCUT2D eigenvalue weighted by molar-refractivity contribution is -0.141. The highest BCUT2D eigenvalue weighted by Crippen LogP contribution is 2.16. The third-order valence-corrected chi connectivity index (χ3v) is 4.15. The molecule has 3 N–H and O–H groups in total. The van der Waals surface area contributed by atoms with Gasteiger partial charge >= 0.3 is 0 Å². The predicted molar refractivity (Wildman–Crippen MR) is 90.7 cm³/mol. The van der Waals surface area contributed by atoms with Crippen molar-refractivity contribution in [1.29, 1.82) is 0 Å². The molecular weight excluding hydrogens is 290 g/mol. The maximum absolute atomic E-state index is 12.8. The van der Waals surface area contributed by atoms with Crippen molar-refractivity contribution in [3.63, 3.8) is 0 Å². The van der Waals surface area contributed by atoms with Crippen LogP contribution in [-0.2, 0) is 16.0 Å². The lowest BCUT2D eigenvalue weighted by Crippen LogP contribution is -2.53. The molecule has 0 bridgehead atoms. The van der Waals surface area contributed by atoms with Crippen LogP contribution in [0.3, 0.4) is 0 Å². The maximum Gasteiger partial charge on any atom is 0.242 e. The van der Waals surface area contributed by atoms with Gasteiger partial charge in [-0.2, -0.15) is 0 Å². The van der Waals surface area contributed by atoms with Crippen LogP contribution in [0.1, 0.15) is 32.3 Å². The van der Waals surface area contributed by atoms with Gasteiger partial charge in [-0.3, -0.25) is 9.59 Å². The van der Waals surface area contributed by atoms with Crippen molar-refractivity contribution in [2.45, 2.75) is 45.2 Å². The Hall–Kier alpha value is -1.88. The van der Waals surface area contributed by atoms with E-state index in [2.05, 4.69) is 19.2 Å². The van der Waals surface area contributed by atoms with Gasteiger partial charge in [0.2, 0.25) is 11.8 Å². The summed E-state index contributed by atoms with van der Waals surface area (Å²) in [5, 5.41) is 2.90. The Morgan fingerprint density at radius 3 is 2.70 bits per heavy atom. The molecule has 0 aliphatic carbocycles. The predicted octanol–water partition coefficient (Wildman–Crippen LogP) is 1.32. The molecule has 1 aliphatic heterocycles. The van der Waals surface area contributed by atoms with Crippen molar-refractivity contribution in [3.05, 3.63) is 35.9 Å². The zero-order valence-electron chi connectivity index (χ0n) is 14.0. The van der Waals surface area contributed by atoms with Crippen molar-refractivity contribution in [3.8, 4) is 0 Å². The van der Waals surface area contributed by atoms with Gasteiger partial charge in [0.15, 0.2) is 0 Å². The normalized spacial score (nSPS) is 20.1. The van der Waals surface area contributed by atoms with E-state index in [1.165, 1.54) is 0 Å². The summed E-state index contributed by atoms with van der Waals surface area (Å²) in [5.41, 5.74) is 7.18. The third kappa shape index (κ3) is 4.79. The van der Waals surface area contributed by atoms with Crippen LogP contribution in [-0.4, -0.2) is 41.9 Å². The summed E-state index contributed by atoms with van der Waals surface area (Å²) in [7, 11) is 0. The zero-order valence-corrected chi connectivity index (χ0v) is 14.0. The summed E-state index contributed by atoms with van der Waals surface area (Å²) < 4.78 is 0. The first-order valence-electron chi connectivity index (χ1n) is 8.36. The summed E-state index contributed by atoms with van der Waals surface area (Å²) in [6, 6.07) is 8.72. The fraction of sp³-hybridized carbons (Fsp3) is 0.556. The van der Waals surface area contributed by atoms with Gasteiger partial charge in [-0.1, -0.05) is 44.2 Å². The van der Waals surface area contributed by atoms with E-state index in [1.807, 2.05) is 30.3 Å². The third-order valence-electron chi connectivity index (χ3n) is 4.15. The first-order chi connectivity index (χ1) is 11.0. The van der Waals surface area contributed by atoms with Gasteiger partial charge in [0.05, 0.1) is 6.04 Å². The summed E-state index contributed by atoms with van der Waals surface area (Å²) in [5.74, 6) is 0.150. The number of benzene rings is 1. The molecule has 0 aromatic heterocycles. The van der Waals surface area contributed by atoms with Crippen LogP contribution in [0, 0.1) is 5.92 Å². The minimum atomic E-state index is -0.613. The number of hydrogen-bond acceptors (Lipinski definition) is 3. The van der Waals surface area contributed by atoms with E-state index in [1.54, 1.807) is 4.90 Å². The number of carbonyl (C=O) groups is 2. The van der Waals surface area contributed by atoms with Crippen LogP contribution in [0.15, 0.2) is 30.3 Å². The van der Waals surface area contributed by atoms with Gasteiger partial charge in [0, 0.05) is 13.1 Å². The maximum atomic E-state index is 12.8. The van der Waals surface area contributed by atoms with Crippen LogP contribution in [0.5, 0.6) is 0 Å². The van der Waals surface area contributed by atoms with E-state index < -0.39 is 12.1 Å². The van der Waals surface area contributed by atoms with Crippen LogP contribution < -0.4 is 11.1 Å². The monoisotopic (exact) mass is 317 g/mol. The molecular formula is C18H27N3O2. The average molecular weight is 317 g/mol. The van der Waals surface area contributed by atoms with Crippen molar-refractivity contribution < 1.29 is 9.59 Å². The number of hydrogen-bond donors (Lipinski definition) is 2. The van der Waals surface area contributed by atoms with Crippen LogP contribution in [0.25, 0.3) is 0 Å². The van der Waals surface area contributed by atoms with Gasteiger partial charge in [-0.15, -0.1) is 0 Å². The minimum absolute atomic E-state index is 0.0588. The molecule has 126 valence electrons. The quantitative estimate of drug-likeness (QED) is 0.860. The fourth-order valence-electron chi connectivity index (χ4n) is 2.99. The number of rotatable bonds is 5. The second kappa shape index (κ2) is 8.11. The number of amides is 2. The van der Waals surface area contributed by atoms with Crippen molar-refractivity contribution in [2.24, 2.45) is 11.7 Å². The summed E-state index contributed by atoms with van der Waals surface area (Å²) >= 11 is 0. The Bertz CT molecular complexity index is 530. The first kappa shape index (κ1) is 17.5. The van der Waals surface area contributed by atoms with E-state index in [0.717, 1.165) is 12.0 Å². The molecule has 5 nitrogen and oxygen atoms in total. The molecule has 1 saturated heterocycles. The van der Waals surface area contributed by atoms with Gasteiger partial charge in [0.25, 0.3) is 0 Å². The Morgan fingerprint density at radius 1 is 1.35 bits per heavy atom. The number of nitrogens with one attached hydrogen (secondary N) is 1. The molecule has 5 heteroatoms. The Balaban J connectivity index is 2.11. The molecule has 0 saturated carbocycles. The van der Waals surface area contributed by atoms with E-state index in [4.69, 9.17) is 5.73 Å². The van der Waals surface area contributed by atoms with Gasteiger partial charge in [-0.05, 0) is 30.7 Å². The topological polar surface area (TPSA) is 75.4 Å². The van der Waals surface area contributed by atoms with Crippen molar-refractivity contribution >= 4 is 11.8 Å². The summed E-state index contributed by atoms with van der Waals surface area (Å²) in [6.45, 7) is 5.32. The van der Waals surface area contributed by atoms with Crippen molar-refractivity contribution in [2.75, 3.05) is 13.1 Å². The summed E-state index contributed by atoms with van der Waals surface area (Å²) in [6.07, 6.45) is 1.92. The molecule has 1 aromatic carbocycles. The smallest absolute Gasteiger partial charge is 0.242 e. The van der Waals surface area contributed by atoms with E-state index >= 15 is 0 Å². The standard InChI is InChI=1S/C18H27N3O2/c1-13(2)11-16-17(22)20-9-6-10-21(16)18(23)15(19)12-14-7-4-3-5-8-14/h3-5,7-8,13,15-16H,6,9-12,19H2,1-2H3,(H,20,22)/t15-,16+/m0/s1. The van der Waals surface area contributed by atoms with Gasteiger partial charge in [0.1, 0.15) is 6.04 Å². The van der Waals surface area contributed by atoms with E-state index in [9.17, 15) is 9.59 Å². The molecule has 1 aromatic rings. The molecule has 0 spiro atoms. The highest BCUT2D eigenvalue weighted by molar-refractivity contribution is 5.90. The van der Waals surface area contributed by atoms with Crippen LogP contribution in [0.4, 0.5) is 0 Å². The second-order valence-electron chi connectivity index (χ2n) is 6.62. The number of nitrogens with two attached hydrogens (primary N) is 1. The molecule has 1 aliphatic rings. The molecule has 0 radical (unpaired) electrons. The average Bonchev–Trinajstić information content (AvgIpc) is 2.69. The Kier molecular flexibility index (Phi) is 6.16. The largest absolute Gasteiger partial charge is 0.354 e. The number of nitrogens with zero attached hydrogens (tertiary/aromatic N) is 1. The molecule has 23 heavy (non-hydrogen) atoms. The minimum Gasteiger partial charge on any atom is -0.354 e. The number of carbonyl (C=O) groups excluding carboxylic acids is 2. The Morgan fingerprint density at radius 2 is 2.04 bits per heavy atom. The zero-order chi connectivity index (χ0) is 16.8. The van der Waals surface area contributed by atoms with E-state index in [0.29, 0.717) is 31.8 Å². The second-order valence-corrected chi connectivity index (χ2v) is 6.62. The lowest BCUT2D eigenvalue weighted by Gasteiger charge is -2.31. The Labute approximate surface area is 138 Å². The van der Waals surface area contributed by atoms with Crippen LogP contribution >= 0.6 is 0 Å². The summed E-state index contributed by atoms with van der Waals surface area (Å²) in [4.78, 5) is 26.8. The van der Waals surface area contributed by atoms with Gasteiger partial charge in [-0.25, -0.2) is 0 Å². The van der Waals surface area contributed by atoms with Crippen LogP contribution in [0.2, 0.25) is 0 Å². The molecule has 2 atom stereocenters. The first-order valence-corrected chi connectivity index (χ1v) is 8.36. The highest BCUT2D eigenvalue weighted by atomic mass is 16.2.